The maximum atomic E-state index is 9.73. The van der Waals surface area contributed by atoms with Crippen molar-refractivity contribution in [2.45, 2.75) is 122 Å². The first kappa shape index (κ1) is 21.9. The fourth-order valence-corrected chi connectivity index (χ4v) is 3.39. The van der Waals surface area contributed by atoms with Crippen molar-refractivity contribution in [3.8, 4) is 0 Å². The monoisotopic (exact) mass is 342 g/mol. The number of hydrogen-bond acceptors (Lipinski definition) is 3. The molecule has 1 aliphatic rings. The Bertz CT molecular complexity index is 257. The van der Waals surface area contributed by atoms with Gasteiger partial charge in [-0.15, -0.1) is 0 Å². The lowest BCUT2D eigenvalue weighted by atomic mass is 10.0. The van der Waals surface area contributed by atoms with Crippen LogP contribution in [0.15, 0.2) is 0 Å². The predicted octanol–water partition coefficient (Wildman–Crippen LogP) is 5.98. The Kier molecular flexibility index (Phi) is 14.9. The smallest absolute Gasteiger partial charge is 0.183 e. The Morgan fingerprint density at radius 2 is 1.29 bits per heavy atom. The van der Waals surface area contributed by atoms with Gasteiger partial charge in [-0.25, -0.2) is 0 Å². The largest absolute Gasteiger partial charge is 0.388 e. The molecule has 3 nitrogen and oxygen atoms in total. The molecule has 0 radical (unpaired) electrons. The van der Waals surface area contributed by atoms with Crippen LogP contribution in [0.5, 0.6) is 0 Å². The van der Waals surface area contributed by atoms with Crippen LogP contribution in [0.4, 0.5) is 0 Å². The van der Waals surface area contributed by atoms with E-state index in [9.17, 15) is 5.11 Å². The lowest BCUT2D eigenvalue weighted by Crippen LogP contribution is -2.36. The van der Waals surface area contributed by atoms with E-state index in [0.29, 0.717) is 0 Å². The van der Waals surface area contributed by atoms with Crippen molar-refractivity contribution in [2.75, 3.05) is 13.2 Å². The van der Waals surface area contributed by atoms with Crippen LogP contribution in [0.1, 0.15) is 110 Å². The summed E-state index contributed by atoms with van der Waals surface area (Å²) in [5.74, 6) is 0. The first-order valence-corrected chi connectivity index (χ1v) is 10.8. The first-order chi connectivity index (χ1) is 11.8. The van der Waals surface area contributed by atoms with Crippen LogP contribution < -0.4 is 0 Å². The minimum Gasteiger partial charge on any atom is -0.388 e. The Morgan fingerprint density at radius 3 is 1.79 bits per heavy atom. The number of hydrogen-bond donors (Lipinski definition) is 1. The van der Waals surface area contributed by atoms with Gasteiger partial charge in [0, 0.05) is 13.2 Å². The summed E-state index contributed by atoms with van der Waals surface area (Å²) >= 11 is 0. The van der Waals surface area contributed by atoms with E-state index in [0.717, 1.165) is 32.5 Å². The summed E-state index contributed by atoms with van der Waals surface area (Å²) in [7, 11) is 0. The minimum atomic E-state index is -0.426. The molecule has 0 aliphatic carbocycles. The lowest BCUT2D eigenvalue weighted by molar-refractivity contribution is -0.214. The van der Waals surface area contributed by atoms with Gasteiger partial charge in [0.15, 0.2) is 6.29 Å². The summed E-state index contributed by atoms with van der Waals surface area (Å²) in [6.07, 6.45) is 20.1. The summed E-state index contributed by atoms with van der Waals surface area (Å²) in [6, 6.07) is 0. The van der Waals surface area contributed by atoms with Gasteiger partial charge in [0.05, 0.1) is 0 Å². The zero-order valence-electron chi connectivity index (χ0n) is 16.1. The molecule has 2 atom stereocenters. The molecule has 1 rings (SSSR count). The maximum absolute atomic E-state index is 9.73. The third kappa shape index (κ3) is 12.3. The summed E-state index contributed by atoms with van der Waals surface area (Å²) in [5.41, 5.74) is 0. The second-order valence-electron chi connectivity index (χ2n) is 7.42. The second-order valence-corrected chi connectivity index (χ2v) is 7.42. The number of unbranched alkanes of at least 4 members (excludes halogenated alkanes) is 13. The molecule has 3 heteroatoms. The van der Waals surface area contributed by atoms with E-state index in [4.69, 9.17) is 9.47 Å². The van der Waals surface area contributed by atoms with Crippen LogP contribution >= 0.6 is 0 Å². The third-order valence-electron chi connectivity index (χ3n) is 5.02. The standard InChI is InChI=1S/C21H42O3/c1-2-3-4-5-6-7-8-9-10-11-12-13-14-15-18-23-21-20(22)17-16-19-24-21/h20-22H,2-19H2,1H3. The fraction of sp³-hybridized carbons (Fsp3) is 1.00. The van der Waals surface area contributed by atoms with Crippen LogP contribution in [0.3, 0.4) is 0 Å². The van der Waals surface area contributed by atoms with Crippen molar-refractivity contribution in [2.24, 2.45) is 0 Å². The van der Waals surface area contributed by atoms with Crippen molar-refractivity contribution in [3.05, 3.63) is 0 Å². The lowest BCUT2D eigenvalue weighted by Gasteiger charge is -2.27. The third-order valence-corrected chi connectivity index (χ3v) is 5.02. The van der Waals surface area contributed by atoms with E-state index in [1.807, 2.05) is 0 Å². The van der Waals surface area contributed by atoms with Gasteiger partial charge in [0.25, 0.3) is 0 Å². The van der Waals surface area contributed by atoms with E-state index < -0.39 is 6.10 Å². The summed E-state index contributed by atoms with van der Waals surface area (Å²) in [4.78, 5) is 0. The van der Waals surface area contributed by atoms with Crippen molar-refractivity contribution >= 4 is 0 Å². The van der Waals surface area contributed by atoms with Gasteiger partial charge in [0.1, 0.15) is 6.10 Å². The van der Waals surface area contributed by atoms with E-state index in [-0.39, 0.29) is 6.29 Å². The molecule has 1 N–H and O–H groups in total. The first-order valence-electron chi connectivity index (χ1n) is 10.8. The second kappa shape index (κ2) is 16.4. The van der Waals surface area contributed by atoms with Crippen LogP contribution in [-0.4, -0.2) is 30.7 Å². The van der Waals surface area contributed by atoms with Gasteiger partial charge < -0.3 is 14.6 Å². The number of rotatable bonds is 16. The predicted molar refractivity (Wildman–Crippen MR) is 101 cm³/mol. The topological polar surface area (TPSA) is 38.7 Å². The average Bonchev–Trinajstić information content (AvgIpc) is 2.60. The van der Waals surface area contributed by atoms with E-state index in [1.165, 1.54) is 83.5 Å². The van der Waals surface area contributed by atoms with Crippen LogP contribution in [-0.2, 0) is 9.47 Å². The molecule has 0 spiro atoms. The zero-order chi connectivity index (χ0) is 17.3. The molecule has 0 bridgehead atoms. The molecule has 0 aromatic rings. The van der Waals surface area contributed by atoms with Crippen molar-refractivity contribution in [1.29, 1.82) is 0 Å². The van der Waals surface area contributed by atoms with E-state index in [1.54, 1.807) is 0 Å². The average molecular weight is 343 g/mol. The van der Waals surface area contributed by atoms with Gasteiger partial charge >= 0.3 is 0 Å². The minimum absolute atomic E-state index is 0.374. The van der Waals surface area contributed by atoms with Crippen molar-refractivity contribution in [1.82, 2.24) is 0 Å². The fourth-order valence-electron chi connectivity index (χ4n) is 3.39. The molecule has 1 aliphatic heterocycles. The van der Waals surface area contributed by atoms with Gasteiger partial charge in [-0.2, -0.15) is 0 Å². The highest BCUT2D eigenvalue weighted by atomic mass is 16.7. The summed E-state index contributed by atoms with van der Waals surface area (Å²) in [6.45, 7) is 3.73. The van der Waals surface area contributed by atoms with Crippen molar-refractivity contribution in [3.63, 3.8) is 0 Å². The Balaban J connectivity index is 1.72. The maximum Gasteiger partial charge on any atom is 0.183 e. The SMILES string of the molecule is CCCCCCCCCCCCCCCCOC1OCCCC1O. The Morgan fingerprint density at radius 1 is 0.792 bits per heavy atom. The normalized spacial score (nSPS) is 21.2. The van der Waals surface area contributed by atoms with Gasteiger partial charge in [-0.05, 0) is 19.3 Å². The van der Waals surface area contributed by atoms with Gasteiger partial charge in [0.2, 0.25) is 0 Å². The molecule has 144 valence electrons. The van der Waals surface area contributed by atoms with Crippen LogP contribution in [0, 0.1) is 0 Å². The molecule has 1 fully saturated rings. The number of aliphatic hydroxyl groups is 1. The van der Waals surface area contributed by atoms with Crippen molar-refractivity contribution < 1.29 is 14.6 Å². The van der Waals surface area contributed by atoms with Gasteiger partial charge in [-0.1, -0.05) is 90.4 Å². The quantitative estimate of drug-likeness (QED) is 0.351. The molecule has 1 heterocycles. The molecule has 2 unspecified atom stereocenters. The van der Waals surface area contributed by atoms with Gasteiger partial charge in [-0.3, -0.25) is 0 Å². The highest BCUT2D eigenvalue weighted by molar-refractivity contribution is 4.65. The molecule has 0 saturated carbocycles. The highest BCUT2D eigenvalue weighted by Gasteiger charge is 2.23. The molecule has 24 heavy (non-hydrogen) atoms. The molecular weight excluding hydrogens is 300 g/mol. The number of aliphatic hydroxyl groups excluding tert-OH is 1. The molecule has 1 saturated heterocycles. The summed E-state index contributed by atoms with van der Waals surface area (Å²) in [5, 5.41) is 9.73. The van der Waals surface area contributed by atoms with Crippen LogP contribution in [0.2, 0.25) is 0 Å². The Hall–Kier alpha value is -0.120. The zero-order valence-corrected chi connectivity index (χ0v) is 16.1. The van der Waals surface area contributed by atoms with Crippen LogP contribution in [0.25, 0.3) is 0 Å². The molecular formula is C21H42O3. The molecule has 0 aromatic carbocycles. The molecule has 0 aromatic heterocycles. The Labute approximate surface area is 150 Å². The van der Waals surface area contributed by atoms with E-state index in [2.05, 4.69) is 6.92 Å². The molecule has 0 amide bonds. The van der Waals surface area contributed by atoms with E-state index >= 15 is 0 Å². The summed E-state index contributed by atoms with van der Waals surface area (Å²) < 4.78 is 11.1. The number of ether oxygens (including phenoxy) is 2. The highest BCUT2D eigenvalue weighted by Crippen LogP contribution is 2.16.